The highest BCUT2D eigenvalue weighted by atomic mass is 16.4. The summed E-state index contributed by atoms with van der Waals surface area (Å²) in [4.78, 5) is 24.3. The summed E-state index contributed by atoms with van der Waals surface area (Å²) in [6.45, 7) is 4.79. The summed E-state index contributed by atoms with van der Waals surface area (Å²) in [6.07, 6.45) is 6.20. The maximum Gasteiger partial charge on any atom is 0.317 e. The first-order chi connectivity index (χ1) is 9.00. The number of carboxylic acid groups (broad SMARTS) is 1. The number of hydrogen-bond donors (Lipinski definition) is 2. The van der Waals surface area contributed by atoms with E-state index in [1.165, 1.54) is 32.1 Å². The van der Waals surface area contributed by atoms with Gasteiger partial charge in [0, 0.05) is 19.1 Å². The second kappa shape index (κ2) is 8.02. The monoisotopic (exact) mass is 270 g/mol. The minimum absolute atomic E-state index is 0.00493. The van der Waals surface area contributed by atoms with E-state index in [2.05, 4.69) is 5.32 Å². The molecule has 1 fully saturated rings. The average molecular weight is 270 g/mol. The van der Waals surface area contributed by atoms with Crippen LogP contribution in [0.25, 0.3) is 0 Å². The molecule has 0 aromatic heterocycles. The smallest absolute Gasteiger partial charge is 0.317 e. The lowest BCUT2D eigenvalue weighted by Gasteiger charge is -2.28. The Labute approximate surface area is 115 Å². The third-order valence-corrected chi connectivity index (χ3v) is 3.72. The number of aliphatic carboxylic acids is 1. The molecule has 2 N–H and O–H groups in total. The van der Waals surface area contributed by atoms with Crippen molar-refractivity contribution >= 4 is 12.0 Å². The molecule has 0 aliphatic heterocycles. The Balaban J connectivity index is 2.36. The lowest BCUT2D eigenvalue weighted by molar-refractivity contribution is -0.137. The molecule has 5 heteroatoms. The predicted octanol–water partition coefficient (Wildman–Crippen LogP) is 2.46. The molecule has 1 aliphatic carbocycles. The predicted molar refractivity (Wildman–Crippen MR) is 74.1 cm³/mol. The SMILES string of the molecule is CC(C)N(CCC(=O)O)C(=O)NCC1CCCCC1. The number of carboxylic acids is 1. The molecule has 0 unspecified atom stereocenters. The minimum atomic E-state index is -0.870. The Morgan fingerprint density at radius 1 is 1.26 bits per heavy atom. The number of hydrogen-bond acceptors (Lipinski definition) is 2. The standard InChI is InChI=1S/C14H26N2O3/c1-11(2)16(9-8-13(17)18)14(19)15-10-12-6-4-3-5-7-12/h11-12H,3-10H2,1-2H3,(H,15,19)(H,17,18). The fourth-order valence-electron chi connectivity index (χ4n) is 2.53. The molecule has 0 aromatic carbocycles. The molecule has 1 rings (SSSR count). The molecule has 1 saturated carbocycles. The molecule has 0 aromatic rings. The highest BCUT2D eigenvalue weighted by Crippen LogP contribution is 2.22. The van der Waals surface area contributed by atoms with Gasteiger partial charge in [-0.05, 0) is 32.6 Å². The van der Waals surface area contributed by atoms with Crippen LogP contribution in [0.2, 0.25) is 0 Å². The molecule has 0 radical (unpaired) electrons. The molecule has 0 bridgehead atoms. The van der Waals surface area contributed by atoms with Gasteiger partial charge >= 0.3 is 12.0 Å². The number of urea groups is 1. The highest BCUT2D eigenvalue weighted by Gasteiger charge is 2.19. The molecule has 110 valence electrons. The van der Waals surface area contributed by atoms with Gasteiger partial charge in [0.2, 0.25) is 0 Å². The van der Waals surface area contributed by atoms with Crippen LogP contribution in [0.4, 0.5) is 4.79 Å². The van der Waals surface area contributed by atoms with Crippen molar-refractivity contribution in [1.82, 2.24) is 10.2 Å². The number of carbonyl (C=O) groups excluding carboxylic acids is 1. The number of amides is 2. The zero-order valence-electron chi connectivity index (χ0n) is 12.0. The van der Waals surface area contributed by atoms with Gasteiger partial charge in [0.1, 0.15) is 0 Å². The first-order valence-electron chi connectivity index (χ1n) is 7.27. The van der Waals surface area contributed by atoms with Crippen molar-refractivity contribution in [2.45, 2.75) is 58.4 Å². The fourth-order valence-corrected chi connectivity index (χ4v) is 2.53. The number of nitrogens with zero attached hydrogens (tertiary/aromatic N) is 1. The summed E-state index contributed by atoms with van der Waals surface area (Å²) >= 11 is 0. The van der Waals surface area contributed by atoms with Gasteiger partial charge in [0.25, 0.3) is 0 Å². The maximum absolute atomic E-state index is 12.1. The van der Waals surface area contributed by atoms with E-state index >= 15 is 0 Å². The average Bonchev–Trinajstić information content (AvgIpc) is 2.37. The van der Waals surface area contributed by atoms with Crippen molar-refractivity contribution in [1.29, 1.82) is 0 Å². The molecule has 0 saturated heterocycles. The van der Waals surface area contributed by atoms with Crippen LogP contribution in [-0.2, 0) is 4.79 Å². The fraction of sp³-hybridized carbons (Fsp3) is 0.857. The van der Waals surface area contributed by atoms with Crippen molar-refractivity contribution in [3.8, 4) is 0 Å². The molecule has 19 heavy (non-hydrogen) atoms. The lowest BCUT2D eigenvalue weighted by Crippen LogP contribution is -2.46. The summed E-state index contributed by atoms with van der Waals surface area (Å²) in [6, 6.07) is -0.118. The van der Waals surface area contributed by atoms with Gasteiger partial charge in [0.15, 0.2) is 0 Å². The Kier molecular flexibility index (Phi) is 6.67. The van der Waals surface area contributed by atoms with Gasteiger partial charge in [-0.3, -0.25) is 4.79 Å². The van der Waals surface area contributed by atoms with Gasteiger partial charge < -0.3 is 15.3 Å². The quantitative estimate of drug-likeness (QED) is 0.779. The van der Waals surface area contributed by atoms with Crippen LogP contribution < -0.4 is 5.32 Å². The van der Waals surface area contributed by atoms with Gasteiger partial charge in [0.05, 0.1) is 6.42 Å². The molecule has 0 atom stereocenters. The minimum Gasteiger partial charge on any atom is -0.481 e. The van der Waals surface area contributed by atoms with E-state index in [0.29, 0.717) is 5.92 Å². The van der Waals surface area contributed by atoms with Crippen LogP contribution in [0.5, 0.6) is 0 Å². The number of nitrogens with one attached hydrogen (secondary N) is 1. The van der Waals surface area contributed by atoms with Gasteiger partial charge in [-0.2, -0.15) is 0 Å². The van der Waals surface area contributed by atoms with Gasteiger partial charge in [-0.1, -0.05) is 19.3 Å². The van der Waals surface area contributed by atoms with E-state index in [-0.39, 0.29) is 25.0 Å². The Hall–Kier alpha value is -1.26. The van der Waals surface area contributed by atoms with Crippen LogP contribution >= 0.6 is 0 Å². The largest absolute Gasteiger partial charge is 0.481 e. The maximum atomic E-state index is 12.1. The normalized spacial score (nSPS) is 16.4. The van der Waals surface area contributed by atoms with E-state index in [0.717, 1.165) is 6.54 Å². The number of rotatable bonds is 6. The van der Waals surface area contributed by atoms with Crippen LogP contribution in [0.15, 0.2) is 0 Å². The van der Waals surface area contributed by atoms with Gasteiger partial charge in [-0.15, -0.1) is 0 Å². The third-order valence-electron chi connectivity index (χ3n) is 3.72. The Morgan fingerprint density at radius 2 is 1.89 bits per heavy atom. The van der Waals surface area contributed by atoms with Crippen LogP contribution in [0, 0.1) is 5.92 Å². The highest BCUT2D eigenvalue weighted by molar-refractivity contribution is 5.75. The molecule has 0 heterocycles. The van der Waals surface area contributed by atoms with E-state index in [1.54, 1.807) is 4.90 Å². The molecule has 0 spiro atoms. The summed E-state index contributed by atoms with van der Waals surface area (Å²) in [7, 11) is 0. The zero-order chi connectivity index (χ0) is 14.3. The Morgan fingerprint density at radius 3 is 2.42 bits per heavy atom. The molecule has 5 nitrogen and oxygen atoms in total. The van der Waals surface area contributed by atoms with Gasteiger partial charge in [-0.25, -0.2) is 4.79 Å². The van der Waals surface area contributed by atoms with E-state index in [1.807, 2.05) is 13.8 Å². The summed E-state index contributed by atoms with van der Waals surface area (Å²) in [5.74, 6) is -0.281. The Bertz CT molecular complexity index is 299. The van der Waals surface area contributed by atoms with Crippen molar-refractivity contribution in [2.24, 2.45) is 5.92 Å². The summed E-state index contributed by atoms with van der Waals surface area (Å²) < 4.78 is 0. The molecular weight excluding hydrogens is 244 g/mol. The lowest BCUT2D eigenvalue weighted by atomic mass is 9.89. The van der Waals surface area contributed by atoms with E-state index in [9.17, 15) is 9.59 Å². The first kappa shape index (κ1) is 15.8. The van der Waals surface area contributed by atoms with E-state index < -0.39 is 5.97 Å². The van der Waals surface area contributed by atoms with Crippen LogP contribution in [0.3, 0.4) is 0 Å². The second-order valence-corrected chi connectivity index (χ2v) is 5.62. The molecular formula is C14H26N2O3. The van der Waals surface area contributed by atoms with Crippen molar-refractivity contribution < 1.29 is 14.7 Å². The van der Waals surface area contributed by atoms with Crippen molar-refractivity contribution in [3.05, 3.63) is 0 Å². The molecule has 2 amide bonds. The summed E-state index contributed by atoms with van der Waals surface area (Å²) in [5, 5.41) is 11.7. The van der Waals surface area contributed by atoms with Crippen LogP contribution in [-0.4, -0.2) is 41.1 Å². The first-order valence-corrected chi connectivity index (χ1v) is 7.27. The third kappa shape index (κ3) is 5.94. The topological polar surface area (TPSA) is 69.6 Å². The second-order valence-electron chi connectivity index (χ2n) is 5.62. The summed E-state index contributed by atoms with van der Waals surface area (Å²) in [5.41, 5.74) is 0. The van der Waals surface area contributed by atoms with Crippen molar-refractivity contribution in [2.75, 3.05) is 13.1 Å². The zero-order valence-corrected chi connectivity index (χ0v) is 12.0. The van der Waals surface area contributed by atoms with E-state index in [4.69, 9.17) is 5.11 Å². The molecule has 1 aliphatic rings. The van der Waals surface area contributed by atoms with Crippen LogP contribution in [0.1, 0.15) is 52.4 Å². The van der Waals surface area contributed by atoms with Crippen molar-refractivity contribution in [3.63, 3.8) is 0 Å². The number of carbonyl (C=O) groups is 2.